The number of allylic oxidation sites excluding steroid dienone is 1. The monoisotopic (exact) mass is 255 g/mol. The largest absolute Gasteiger partial charge is 0.472 e. The molecular weight excluding hydrogens is 238 g/mol. The quantitative estimate of drug-likeness (QED) is 0.622. The van der Waals surface area contributed by atoms with Gasteiger partial charge in [-0.1, -0.05) is 36.1 Å². The van der Waals surface area contributed by atoms with Crippen molar-refractivity contribution < 1.29 is 4.74 Å². The van der Waals surface area contributed by atoms with Crippen LogP contribution in [0.5, 0.6) is 0 Å². The number of hydrogen-bond acceptors (Lipinski definition) is 3. The molecule has 0 saturated heterocycles. The van der Waals surface area contributed by atoms with Crippen LogP contribution >= 0.6 is 0 Å². The van der Waals surface area contributed by atoms with Crippen molar-refractivity contribution in [1.29, 1.82) is 0 Å². The zero-order valence-electron chi connectivity index (χ0n) is 11.4. The number of aromatic nitrogens is 3. The van der Waals surface area contributed by atoms with Gasteiger partial charge in [-0.25, -0.2) is 4.98 Å². The predicted molar refractivity (Wildman–Crippen MR) is 75.1 cm³/mol. The van der Waals surface area contributed by atoms with Crippen LogP contribution in [0.4, 0.5) is 0 Å². The Morgan fingerprint density at radius 1 is 1.32 bits per heavy atom. The molecule has 2 aromatic rings. The first-order valence-corrected chi connectivity index (χ1v) is 6.25. The summed E-state index contributed by atoms with van der Waals surface area (Å²) < 4.78 is 7.25. The molecule has 0 N–H and O–H groups in total. The van der Waals surface area contributed by atoms with Crippen molar-refractivity contribution in [3.8, 4) is 0 Å². The van der Waals surface area contributed by atoms with Gasteiger partial charge in [-0.3, -0.25) is 0 Å². The maximum atomic E-state index is 5.60. The molecule has 98 valence electrons. The third kappa shape index (κ3) is 3.12. The first-order valence-electron chi connectivity index (χ1n) is 6.25. The molecular formula is C15H17N3O. The van der Waals surface area contributed by atoms with Crippen LogP contribution in [0, 0.1) is 6.92 Å². The third-order valence-electron chi connectivity index (χ3n) is 2.69. The van der Waals surface area contributed by atoms with Crippen LogP contribution in [0.15, 0.2) is 42.4 Å². The number of rotatable bonds is 4. The summed E-state index contributed by atoms with van der Waals surface area (Å²) >= 11 is 0. The molecule has 0 bridgehead atoms. The van der Waals surface area contributed by atoms with E-state index in [1.807, 2.05) is 51.1 Å². The fourth-order valence-electron chi connectivity index (χ4n) is 1.71. The highest BCUT2D eigenvalue weighted by Crippen LogP contribution is 2.14. The molecule has 19 heavy (non-hydrogen) atoms. The van der Waals surface area contributed by atoms with E-state index < -0.39 is 0 Å². The standard InChI is InChI=1S/C15H17N3O/c1-4-19-15(18-13(3)16-11-17-18)10-12(2)14-8-6-5-7-9-14/h5-9,11H,4H2,1-3H3. The van der Waals surface area contributed by atoms with E-state index in [2.05, 4.69) is 15.8 Å². The lowest BCUT2D eigenvalue weighted by molar-refractivity contribution is 0.271. The Hall–Kier alpha value is -2.32. The van der Waals surface area contributed by atoms with E-state index in [-0.39, 0.29) is 0 Å². The molecule has 0 fully saturated rings. The number of ether oxygens (including phenoxy) is 1. The van der Waals surface area contributed by atoms with Gasteiger partial charge in [0.25, 0.3) is 5.88 Å². The zero-order chi connectivity index (χ0) is 13.7. The van der Waals surface area contributed by atoms with Crippen LogP contribution in [0.1, 0.15) is 25.2 Å². The zero-order valence-corrected chi connectivity index (χ0v) is 11.4. The lowest BCUT2D eigenvalue weighted by Crippen LogP contribution is -2.04. The smallest absolute Gasteiger partial charge is 0.263 e. The molecule has 2 rings (SSSR count). The number of benzene rings is 1. The second-order valence-corrected chi connectivity index (χ2v) is 4.07. The number of hydrogen-bond donors (Lipinski definition) is 0. The van der Waals surface area contributed by atoms with Crippen molar-refractivity contribution in [2.45, 2.75) is 20.8 Å². The van der Waals surface area contributed by atoms with Crippen LogP contribution < -0.4 is 0 Å². The normalized spacial score (nSPS) is 9.84. The van der Waals surface area contributed by atoms with Gasteiger partial charge in [-0.2, -0.15) is 9.78 Å². The van der Waals surface area contributed by atoms with Crippen LogP contribution in [0.25, 0.3) is 11.5 Å². The van der Waals surface area contributed by atoms with Crippen molar-refractivity contribution in [2.24, 2.45) is 0 Å². The molecule has 1 heterocycles. The Morgan fingerprint density at radius 3 is 2.63 bits per heavy atom. The number of aryl methyl sites for hydroxylation is 1. The molecule has 0 radical (unpaired) electrons. The highest BCUT2D eigenvalue weighted by atomic mass is 16.5. The number of nitrogens with zero attached hydrogens (tertiary/aromatic N) is 3. The summed E-state index contributed by atoms with van der Waals surface area (Å²) in [6.07, 6.45) is 1.51. The highest BCUT2D eigenvalue weighted by molar-refractivity contribution is 5.66. The van der Waals surface area contributed by atoms with Crippen molar-refractivity contribution in [3.63, 3.8) is 0 Å². The van der Waals surface area contributed by atoms with Gasteiger partial charge < -0.3 is 4.74 Å². The van der Waals surface area contributed by atoms with Crippen molar-refractivity contribution >= 4 is 11.5 Å². The molecule has 1 aromatic carbocycles. The van der Waals surface area contributed by atoms with E-state index in [0.717, 1.165) is 17.0 Å². The second-order valence-electron chi connectivity index (χ2n) is 4.07. The Morgan fingerprint density at radius 2 is 2.05 bits per heavy atom. The van der Waals surface area contributed by atoms with Gasteiger partial charge in [0.2, 0.25) is 0 Å². The molecule has 0 aliphatic rings. The fraction of sp³-hybridized carbons (Fsp3) is 0.267. The lowest BCUT2D eigenvalue weighted by Gasteiger charge is -2.07. The minimum absolute atomic E-state index is 0.559. The van der Waals surface area contributed by atoms with E-state index in [0.29, 0.717) is 12.5 Å². The first-order chi connectivity index (χ1) is 9.22. The molecule has 4 heteroatoms. The molecule has 0 atom stereocenters. The second kappa shape index (κ2) is 6.03. The molecule has 0 unspecified atom stereocenters. The van der Waals surface area contributed by atoms with Gasteiger partial charge in [-0.05, 0) is 26.3 Å². The van der Waals surface area contributed by atoms with Crippen molar-refractivity contribution in [3.05, 3.63) is 53.8 Å². The maximum absolute atomic E-state index is 5.60. The summed E-state index contributed by atoms with van der Waals surface area (Å²) in [6, 6.07) is 10.1. The van der Waals surface area contributed by atoms with Gasteiger partial charge in [-0.15, -0.1) is 0 Å². The van der Waals surface area contributed by atoms with E-state index in [1.54, 1.807) is 4.68 Å². The van der Waals surface area contributed by atoms with E-state index in [1.165, 1.54) is 6.33 Å². The Balaban J connectivity index is 2.49. The average Bonchev–Trinajstić information content (AvgIpc) is 2.85. The molecule has 0 spiro atoms. The fourth-order valence-corrected chi connectivity index (χ4v) is 1.71. The molecule has 4 nitrogen and oxygen atoms in total. The lowest BCUT2D eigenvalue weighted by atomic mass is 10.1. The summed E-state index contributed by atoms with van der Waals surface area (Å²) in [6.45, 7) is 6.38. The topological polar surface area (TPSA) is 39.9 Å². The highest BCUT2D eigenvalue weighted by Gasteiger charge is 2.06. The van der Waals surface area contributed by atoms with Gasteiger partial charge in [0.05, 0.1) is 6.61 Å². The summed E-state index contributed by atoms with van der Waals surface area (Å²) in [5, 5.41) is 4.15. The summed E-state index contributed by atoms with van der Waals surface area (Å²) in [7, 11) is 0. The SMILES string of the molecule is CCOC(=C=C(C)c1ccccc1)n1ncnc1C. The van der Waals surface area contributed by atoms with Crippen molar-refractivity contribution in [2.75, 3.05) is 6.61 Å². The van der Waals surface area contributed by atoms with Crippen LogP contribution in [-0.4, -0.2) is 21.4 Å². The average molecular weight is 255 g/mol. The molecule has 0 aliphatic carbocycles. The molecule has 0 saturated carbocycles. The minimum Gasteiger partial charge on any atom is -0.472 e. The van der Waals surface area contributed by atoms with Crippen LogP contribution in [-0.2, 0) is 4.74 Å². The van der Waals surface area contributed by atoms with Gasteiger partial charge >= 0.3 is 0 Å². The first kappa shape index (κ1) is 13.1. The van der Waals surface area contributed by atoms with Crippen LogP contribution in [0.2, 0.25) is 0 Å². The van der Waals surface area contributed by atoms with Crippen LogP contribution in [0.3, 0.4) is 0 Å². The van der Waals surface area contributed by atoms with Crippen molar-refractivity contribution in [1.82, 2.24) is 14.8 Å². The Kier molecular flexibility index (Phi) is 4.16. The summed E-state index contributed by atoms with van der Waals surface area (Å²) in [4.78, 5) is 4.10. The molecule has 0 amide bonds. The molecule has 0 aliphatic heterocycles. The third-order valence-corrected chi connectivity index (χ3v) is 2.69. The summed E-state index contributed by atoms with van der Waals surface area (Å²) in [5.74, 6) is 1.34. The van der Waals surface area contributed by atoms with Gasteiger partial charge in [0.15, 0.2) is 0 Å². The Labute approximate surface area is 113 Å². The summed E-state index contributed by atoms with van der Waals surface area (Å²) in [5.41, 5.74) is 5.36. The van der Waals surface area contributed by atoms with E-state index >= 15 is 0 Å². The van der Waals surface area contributed by atoms with E-state index in [9.17, 15) is 0 Å². The predicted octanol–water partition coefficient (Wildman–Crippen LogP) is 3.12. The van der Waals surface area contributed by atoms with E-state index in [4.69, 9.17) is 4.74 Å². The van der Waals surface area contributed by atoms with Gasteiger partial charge in [0, 0.05) is 5.57 Å². The van der Waals surface area contributed by atoms with Gasteiger partial charge in [0.1, 0.15) is 12.2 Å². The Bertz CT molecular complexity index is 607. The molecule has 1 aromatic heterocycles. The maximum Gasteiger partial charge on any atom is 0.263 e. The minimum atomic E-state index is 0.559.